The van der Waals surface area contributed by atoms with Crippen molar-refractivity contribution in [2.75, 3.05) is 5.32 Å². The number of aromatic nitrogens is 1. The normalized spacial score (nSPS) is 21.1. The standard InChI is InChI=1S/C14H18N2O3/c1-14(2)6-3-4-10(14)12(17)16-9-5-7-15-11(8-9)13(18)19/h5,7-8,10H,3-4,6H2,1-2H3,(H,18,19)(H,15,16,17). The molecule has 1 atom stereocenters. The molecule has 0 saturated heterocycles. The molecule has 1 amide bonds. The minimum absolute atomic E-state index is 0.00669. The first-order valence-corrected chi connectivity index (χ1v) is 6.40. The first-order valence-electron chi connectivity index (χ1n) is 6.40. The zero-order chi connectivity index (χ0) is 14.0. The molecule has 1 unspecified atom stereocenters. The number of amides is 1. The predicted molar refractivity (Wildman–Crippen MR) is 70.9 cm³/mol. The number of carboxylic acid groups (broad SMARTS) is 1. The minimum Gasteiger partial charge on any atom is -0.477 e. The lowest BCUT2D eigenvalue weighted by Crippen LogP contribution is -2.30. The van der Waals surface area contributed by atoms with Crippen molar-refractivity contribution in [1.29, 1.82) is 0 Å². The van der Waals surface area contributed by atoms with Crippen molar-refractivity contribution in [3.8, 4) is 0 Å². The third kappa shape index (κ3) is 2.92. The summed E-state index contributed by atoms with van der Waals surface area (Å²) in [4.78, 5) is 26.8. The maximum atomic E-state index is 12.2. The van der Waals surface area contributed by atoms with Crippen LogP contribution in [-0.2, 0) is 4.79 Å². The minimum atomic E-state index is -1.10. The Kier molecular flexibility index (Phi) is 3.55. The highest BCUT2D eigenvalue weighted by molar-refractivity contribution is 5.94. The van der Waals surface area contributed by atoms with Crippen molar-refractivity contribution in [3.63, 3.8) is 0 Å². The molecule has 1 aliphatic carbocycles. The lowest BCUT2D eigenvalue weighted by atomic mass is 9.81. The smallest absolute Gasteiger partial charge is 0.354 e. The zero-order valence-corrected chi connectivity index (χ0v) is 11.1. The van der Waals surface area contributed by atoms with Crippen molar-refractivity contribution in [1.82, 2.24) is 4.98 Å². The summed E-state index contributed by atoms with van der Waals surface area (Å²) in [6.45, 7) is 4.19. The van der Waals surface area contributed by atoms with Crippen molar-refractivity contribution in [2.45, 2.75) is 33.1 Å². The Balaban J connectivity index is 2.11. The maximum absolute atomic E-state index is 12.2. The van der Waals surface area contributed by atoms with Crippen LogP contribution in [0.3, 0.4) is 0 Å². The molecule has 102 valence electrons. The van der Waals surface area contributed by atoms with Crippen LogP contribution < -0.4 is 5.32 Å². The molecule has 0 radical (unpaired) electrons. The summed E-state index contributed by atoms with van der Waals surface area (Å²) in [5.74, 6) is -1.16. The Morgan fingerprint density at radius 1 is 1.47 bits per heavy atom. The van der Waals surface area contributed by atoms with Crippen molar-refractivity contribution < 1.29 is 14.7 Å². The van der Waals surface area contributed by atoms with Crippen LogP contribution in [0.1, 0.15) is 43.6 Å². The highest BCUT2D eigenvalue weighted by atomic mass is 16.4. The van der Waals surface area contributed by atoms with Gasteiger partial charge in [0.1, 0.15) is 5.69 Å². The van der Waals surface area contributed by atoms with Gasteiger partial charge in [-0.1, -0.05) is 20.3 Å². The number of carbonyl (C=O) groups is 2. The van der Waals surface area contributed by atoms with Crippen LogP contribution >= 0.6 is 0 Å². The van der Waals surface area contributed by atoms with Gasteiger partial charge in [-0.15, -0.1) is 0 Å². The van der Waals surface area contributed by atoms with Gasteiger partial charge in [-0.25, -0.2) is 9.78 Å². The van der Waals surface area contributed by atoms with Gasteiger partial charge in [-0.05, 0) is 30.4 Å². The lowest BCUT2D eigenvalue weighted by molar-refractivity contribution is -0.122. The summed E-state index contributed by atoms with van der Waals surface area (Å²) in [5.41, 5.74) is 0.427. The molecule has 0 aromatic carbocycles. The van der Waals surface area contributed by atoms with E-state index >= 15 is 0 Å². The fraction of sp³-hybridized carbons (Fsp3) is 0.500. The van der Waals surface area contributed by atoms with Gasteiger partial charge in [0.15, 0.2) is 0 Å². The Morgan fingerprint density at radius 3 is 2.79 bits per heavy atom. The molecule has 1 aromatic rings. The summed E-state index contributed by atoms with van der Waals surface area (Å²) in [7, 11) is 0. The summed E-state index contributed by atoms with van der Waals surface area (Å²) >= 11 is 0. The average Bonchev–Trinajstić information content (AvgIpc) is 2.69. The summed E-state index contributed by atoms with van der Waals surface area (Å²) in [6.07, 6.45) is 4.37. The molecule has 1 aliphatic rings. The van der Waals surface area contributed by atoms with Gasteiger partial charge in [0.25, 0.3) is 0 Å². The number of aromatic carboxylic acids is 1. The lowest BCUT2D eigenvalue weighted by Gasteiger charge is -2.25. The molecule has 5 heteroatoms. The molecule has 2 N–H and O–H groups in total. The number of hydrogen-bond donors (Lipinski definition) is 2. The first-order chi connectivity index (χ1) is 8.90. The Morgan fingerprint density at radius 2 is 2.21 bits per heavy atom. The molecule has 1 saturated carbocycles. The molecule has 1 fully saturated rings. The Bertz CT molecular complexity index is 511. The van der Waals surface area contributed by atoms with Gasteiger partial charge in [-0.2, -0.15) is 0 Å². The van der Waals surface area contributed by atoms with Crippen molar-refractivity contribution in [3.05, 3.63) is 24.0 Å². The van der Waals surface area contributed by atoms with Crippen LogP contribution in [0.25, 0.3) is 0 Å². The van der Waals surface area contributed by atoms with Gasteiger partial charge in [0, 0.05) is 17.8 Å². The van der Waals surface area contributed by atoms with E-state index in [0.717, 1.165) is 19.3 Å². The van der Waals surface area contributed by atoms with Crippen LogP contribution in [0.5, 0.6) is 0 Å². The molecule has 5 nitrogen and oxygen atoms in total. The third-order valence-electron chi connectivity index (χ3n) is 3.82. The molecular weight excluding hydrogens is 244 g/mol. The molecule has 0 spiro atoms. The molecule has 1 aromatic heterocycles. The van der Waals surface area contributed by atoms with E-state index in [1.807, 2.05) is 0 Å². The molecule has 2 rings (SSSR count). The van der Waals surface area contributed by atoms with Crippen molar-refractivity contribution in [2.24, 2.45) is 11.3 Å². The van der Waals surface area contributed by atoms with Crippen LogP contribution in [-0.4, -0.2) is 22.0 Å². The second-order valence-corrected chi connectivity index (χ2v) is 5.66. The van der Waals surface area contributed by atoms with Crippen LogP contribution in [0.4, 0.5) is 5.69 Å². The zero-order valence-electron chi connectivity index (χ0n) is 11.1. The van der Waals surface area contributed by atoms with Gasteiger partial charge in [0.05, 0.1) is 0 Å². The number of pyridine rings is 1. The van der Waals surface area contributed by atoms with E-state index in [-0.39, 0.29) is 22.9 Å². The molecule has 1 heterocycles. The Hall–Kier alpha value is -1.91. The van der Waals surface area contributed by atoms with E-state index < -0.39 is 5.97 Å². The largest absolute Gasteiger partial charge is 0.477 e. The molecule has 0 bridgehead atoms. The van der Waals surface area contributed by atoms with Crippen molar-refractivity contribution >= 4 is 17.6 Å². The topological polar surface area (TPSA) is 79.3 Å². The van der Waals surface area contributed by atoms with E-state index in [9.17, 15) is 9.59 Å². The average molecular weight is 262 g/mol. The Labute approximate surface area is 112 Å². The fourth-order valence-electron chi connectivity index (χ4n) is 2.67. The second-order valence-electron chi connectivity index (χ2n) is 5.66. The van der Waals surface area contributed by atoms with E-state index in [1.54, 1.807) is 6.07 Å². The fourth-order valence-corrected chi connectivity index (χ4v) is 2.67. The number of carbonyl (C=O) groups excluding carboxylic acids is 1. The number of nitrogens with one attached hydrogen (secondary N) is 1. The van der Waals surface area contributed by atoms with E-state index in [1.165, 1.54) is 12.3 Å². The number of carboxylic acids is 1. The summed E-state index contributed by atoms with van der Waals surface area (Å²) in [5, 5.41) is 11.7. The van der Waals surface area contributed by atoms with Crippen LogP contribution in [0, 0.1) is 11.3 Å². The SMILES string of the molecule is CC1(C)CCCC1C(=O)Nc1ccnc(C(=O)O)c1. The van der Waals surface area contributed by atoms with Gasteiger partial charge >= 0.3 is 5.97 Å². The molecule has 0 aliphatic heterocycles. The van der Waals surface area contributed by atoms with Gasteiger partial charge in [-0.3, -0.25) is 4.79 Å². The number of hydrogen-bond acceptors (Lipinski definition) is 3. The molecular formula is C14H18N2O3. The number of rotatable bonds is 3. The summed E-state index contributed by atoms with van der Waals surface area (Å²) in [6, 6.07) is 2.98. The van der Waals surface area contributed by atoms with Crippen LogP contribution in [0.2, 0.25) is 0 Å². The van der Waals surface area contributed by atoms with Crippen LogP contribution in [0.15, 0.2) is 18.3 Å². The quantitative estimate of drug-likeness (QED) is 0.877. The van der Waals surface area contributed by atoms with E-state index in [4.69, 9.17) is 5.11 Å². The maximum Gasteiger partial charge on any atom is 0.354 e. The van der Waals surface area contributed by atoms with E-state index in [2.05, 4.69) is 24.1 Å². The highest BCUT2D eigenvalue weighted by Crippen LogP contribution is 2.42. The van der Waals surface area contributed by atoms with Gasteiger partial charge < -0.3 is 10.4 Å². The summed E-state index contributed by atoms with van der Waals surface area (Å²) < 4.78 is 0. The molecule has 19 heavy (non-hydrogen) atoms. The first kappa shape index (κ1) is 13.5. The monoisotopic (exact) mass is 262 g/mol. The second kappa shape index (κ2) is 4.99. The third-order valence-corrected chi connectivity index (χ3v) is 3.82. The highest BCUT2D eigenvalue weighted by Gasteiger charge is 2.39. The predicted octanol–water partition coefficient (Wildman–Crippen LogP) is 2.54. The van der Waals surface area contributed by atoms with E-state index in [0.29, 0.717) is 5.69 Å². The van der Waals surface area contributed by atoms with Gasteiger partial charge in [0.2, 0.25) is 5.91 Å². The number of anilines is 1. The number of nitrogens with zero attached hydrogens (tertiary/aromatic N) is 1.